The Hall–Kier alpha value is -1.43. The lowest BCUT2D eigenvalue weighted by Gasteiger charge is -2.05. The van der Waals surface area contributed by atoms with Crippen LogP contribution in [-0.2, 0) is 17.7 Å². The largest absolute Gasteiger partial charge is 0.493 e. The van der Waals surface area contributed by atoms with Crippen molar-refractivity contribution in [2.24, 2.45) is 0 Å². The molecule has 1 aromatic heterocycles. The summed E-state index contributed by atoms with van der Waals surface area (Å²) in [6, 6.07) is 8.11. The van der Waals surface area contributed by atoms with Crippen LogP contribution >= 0.6 is 11.3 Å². The zero-order valence-electron chi connectivity index (χ0n) is 12.6. The maximum atomic E-state index is 5.75. The van der Waals surface area contributed by atoms with Crippen molar-refractivity contribution in [1.82, 2.24) is 10.3 Å². The number of ether oxygens (including phenoxy) is 2. The fourth-order valence-corrected chi connectivity index (χ4v) is 2.68. The number of nitrogens with zero attached hydrogens (tertiary/aromatic N) is 1. The summed E-state index contributed by atoms with van der Waals surface area (Å²) >= 11 is 1.69. The number of hydrogen-bond acceptors (Lipinski definition) is 5. The minimum absolute atomic E-state index is 0.660. The van der Waals surface area contributed by atoms with Gasteiger partial charge in [-0.05, 0) is 24.6 Å². The number of aromatic nitrogens is 1. The second kappa shape index (κ2) is 8.77. The maximum absolute atomic E-state index is 5.75. The molecule has 0 bridgehead atoms. The van der Waals surface area contributed by atoms with Crippen LogP contribution in [0.3, 0.4) is 0 Å². The average molecular weight is 306 g/mol. The summed E-state index contributed by atoms with van der Waals surface area (Å²) in [6.07, 6.45) is 0.844. The quantitative estimate of drug-likeness (QED) is 0.724. The Labute approximate surface area is 130 Å². The van der Waals surface area contributed by atoms with Gasteiger partial charge in [-0.25, -0.2) is 4.98 Å². The highest BCUT2D eigenvalue weighted by atomic mass is 32.1. The van der Waals surface area contributed by atoms with E-state index in [0.29, 0.717) is 6.61 Å². The first kappa shape index (κ1) is 15.9. The third kappa shape index (κ3) is 5.83. The zero-order chi connectivity index (χ0) is 14.9. The van der Waals surface area contributed by atoms with E-state index in [4.69, 9.17) is 9.47 Å². The molecule has 0 spiro atoms. The summed E-state index contributed by atoms with van der Waals surface area (Å²) in [5, 5.41) is 6.51. The summed E-state index contributed by atoms with van der Waals surface area (Å²) in [6.45, 7) is 5.09. The fourth-order valence-electron chi connectivity index (χ4n) is 1.90. The van der Waals surface area contributed by atoms with Gasteiger partial charge in [-0.1, -0.05) is 12.1 Å². The summed E-state index contributed by atoms with van der Waals surface area (Å²) in [7, 11) is 1.71. The molecule has 1 N–H and O–H groups in total. The molecule has 1 heterocycles. The SMILES string of the molecule is COCCNCc1csc(CCOc2cccc(C)c2)n1. The number of thiazole rings is 1. The van der Waals surface area contributed by atoms with Crippen molar-refractivity contribution in [1.29, 1.82) is 0 Å². The van der Waals surface area contributed by atoms with Gasteiger partial charge >= 0.3 is 0 Å². The molecule has 0 atom stereocenters. The highest BCUT2D eigenvalue weighted by Gasteiger charge is 2.02. The highest BCUT2D eigenvalue weighted by Crippen LogP contribution is 2.14. The smallest absolute Gasteiger partial charge is 0.119 e. The van der Waals surface area contributed by atoms with E-state index in [2.05, 4.69) is 28.7 Å². The summed E-state index contributed by atoms with van der Waals surface area (Å²) in [5.41, 5.74) is 2.30. The van der Waals surface area contributed by atoms with Gasteiger partial charge in [0, 0.05) is 32.0 Å². The van der Waals surface area contributed by atoms with Gasteiger partial charge in [-0.3, -0.25) is 0 Å². The minimum Gasteiger partial charge on any atom is -0.493 e. The van der Waals surface area contributed by atoms with Crippen LogP contribution in [0.15, 0.2) is 29.6 Å². The molecule has 0 aliphatic rings. The summed E-state index contributed by atoms with van der Waals surface area (Å²) in [4.78, 5) is 4.59. The summed E-state index contributed by atoms with van der Waals surface area (Å²) < 4.78 is 10.7. The third-order valence-electron chi connectivity index (χ3n) is 2.96. The number of methoxy groups -OCH3 is 1. The van der Waals surface area contributed by atoms with Crippen molar-refractivity contribution in [2.45, 2.75) is 19.9 Å². The van der Waals surface area contributed by atoms with Crippen molar-refractivity contribution in [2.75, 3.05) is 26.9 Å². The lowest BCUT2D eigenvalue weighted by Crippen LogP contribution is -2.18. The zero-order valence-corrected chi connectivity index (χ0v) is 13.4. The van der Waals surface area contributed by atoms with E-state index in [9.17, 15) is 0 Å². The van der Waals surface area contributed by atoms with E-state index >= 15 is 0 Å². The fraction of sp³-hybridized carbons (Fsp3) is 0.438. The van der Waals surface area contributed by atoms with Crippen molar-refractivity contribution < 1.29 is 9.47 Å². The van der Waals surface area contributed by atoms with Crippen molar-refractivity contribution in [3.05, 3.63) is 45.9 Å². The van der Waals surface area contributed by atoms with Crippen LogP contribution in [0.1, 0.15) is 16.3 Å². The number of benzene rings is 1. The summed E-state index contributed by atoms with van der Waals surface area (Å²) in [5.74, 6) is 0.924. The molecule has 0 amide bonds. The molecule has 2 rings (SSSR count). The van der Waals surface area contributed by atoms with Crippen LogP contribution in [0.4, 0.5) is 0 Å². The van der Waals surface area contributed by atoms with Crippen LogP contribution in [0, 0.1) is 6.92 Å². The predicted octanol–water partition coefficient (Wildman–Crippen LogP) is 2.81. The standard InChI is InChI=1S/C16H22N2O2S/c1-13-4-3-5-15(10-13)20-8-6-16-18-14(12-21-16)11-17-7-9-19-2/h3-5,10,12,17H,6-9,11H2,1-2H3. The highest BCUT2D eigenvalue weighted by molar-refractivity contribution is 7.09. The van der Waals surface area contributed by atoms with E-state index in [1.54, 1.807) is 18.4 Å². The van der Waals surface area contributed by atoms with Crippen LogP contribution in [0.5, 0.6) is 5.75 Å². The topological polar surface area (TPSA) is 43.4 Å². The maximum Gasteiger partial charge on any atom is 0.119 e. The van der Waals surface area contributed by atoms with E-state index in [-0.39, 0.29) is 0 Å². The van der Waals surface area contributed by atoms with Crippen molar-refractivity contribution in [3.63, 3.8) is 0 Å². The lowest BCUT2D eigenvalue weighted by atomic mass is 10.2. The second-order valence-electron chi connectivity index (χ2n) is 4.82. The molecular weight excluding hydrogens is 284 g/mol. The Bertz CT molecular complexity index is 543. The Morgan fingerprint density at radius 3 is 3.00 bits per heavy atom. The first-order valence-electron chi connectivity index (χ1n) is 7.10. The van der Waals surface area contributed by atoms with E-state index in [0.717, 1.165) is 42.6 Å². The molecule has 1 aromatic carbocycles. The monoisotopic (exact) mass is 306 g/mol. The Morgan fingerprint density at radius 2 is 2.19 bits per heavy atom. The molecule has 0 fully saturated rings. The van der Waals surface area contributed by atoms with E-state index < -0.39 is 0 Å². The van der Waals surface area contributed by atoms with Gasteiger partial charge in [0.05, 0.1) is 23.9 Å². The number of rotatable bonds is 9. The van der Waals surface area contributed by atoms with Gasteiger partial charge in [0.15, 0.2) is 0 Å². The van der Waals surface area contributed by atoms with Crippen LogP contribution < -0.4 is 10.1 Å². The second-order valence-corrected chi connectivity index (χ2v) is 5.76. The van der Waals surface area contributed by atoms with Crippen molar-refractivity contribution in [3.8, 4) is 5.75 Å². The minimum atomic E-state index is 0.660. The number of aryl methyl sites for hydroxylation is 1. The molecule has 2 aromatic rings. The molecule has 0 radical (unpaired) electrons. The first-order chi connectivity index (χ1) is 10.3. The Morgan fingerprint density at radius 1 is 1.29 bits per heavy atom. The van der Waals surface area contributed by atoms with Gasteiger partial charge in [-0.15, -0.1) is 11.3 Å². The molecule has 0 aliphatic heterocycles. The number of nitrogens with one attached hydrogen (secondary N) is 1. The molecule has 21 heavy (non-hydrogen) atoms. The van der Waals surface area contributed by atoms with Crippen LogP contribution in [-0.4, -0.2) is 31.9 Å². The van der Waals surface area contributed by atoms with Gasteiger partial charge in [0.1, 0.15) is 5.75 Å². The lowest BCUT2D eigenvalue weighted by molar-refractivity contribution is 0.199. The number of hydrogen-bond donors (Lipinski definition) is 1. The molecule has 0 saturated heterocycles. The molecule has 0 saturated carbocycles. The molecule has 5 heteroatoms. The van der Waals surface area contributed by atoms with E-state index in [1.807, 2.05) is 18.2 Å². The van der Waals surface area contributed by atoms with Gasteiger partial charge in [0.2, 0.25) is 0 Å². The van der Waals surface area contributed by atoms with Gasteiger partial charge in [0.25, 0.3) is 0 Å². The average Bonchev–Trinajstić information content (AvgIpc) is 2.92. The molecule has 114 valence electrons. The Kier molecular flexibility index (Phi) is 6.66. The molecule has 0 aliphatic carbocycles. The van der Waals surface area contributed by atoms with E-state index in [1.165, 1.54) is 5.56 Å². The Balaban J connectivity index is 1.70. The molecule has 4 nitrogen and oxygen atoms in total. The predicted molar refractivity (Wildman–Crippen MR) is 86.1 cm³/mol. The first-order valence-corrected chi connectivity index (χ1v) is 7.98. The third-order valence-corrected chi connectivity index (χ3v) is 3.92. The van der Waals surface area contributed by atoms with Crippen molar-refractivity contribution >= 4 is 11.3 Å². The normalized spacial score (nSPS) is 10.8. The van der Waals surface area contributed by atoms with Gasteiger partial charge < -0.3 is 14.8 Å². The molecule has 0 unspecified atom stereocenters. The van der Waals surface area contributed by atoms with Gasteiger partial charge in [-0.2, -0.15) is 0 Å². The van der Waals surface area contributed by atoms with Crippen LogP contribution in [0.2, 0.25) is 0 Å². The van der Waals surface area contributed by atoms with Crippen LogP contribution in [0.25, 0.3) is 0 Å². The molecular formula is C16H22N2O2S.